The second-order valence-electron chi connectivity index (χ2n) is 2.93. The zero-order chi connectivity index (χ0) is 10.5. The summed E-state index contributed by atoms with van der Waals surface area (Å²) in [6.45, 7) is 0. The number of rotatable bonds is 2. The van der Waals surface area contributed by atoms with Crippen LogP contribution in [0.3, 0.4) is 0 Å². The number of aromatic nitrogens is 2. The Balaban J connectivity index is 2.29. The molecule has 2 aromatic rings. The van der Waals surface area contributed by atoms with Gasteiger partial charge < -0.3 is 5.73 Å². The van der Waals surface area contributed by atoms with E-state index in [0.29, 0.717) is 11.7 Å². The number of hydrogen-bond acceptors (Lipinski definition) is 3. The van der Waals surface area contributed by atoms with Gasteiger partial charge in [-0.05, 0) is 24.3 Å². The maximum Gasteiger partial charge on any atom is 0.154 e. The molecule has 0 unspecified atom stereocenters. The summed E-state index contributed by atoms with van der Waals surface area (Å²) in [7, 11) is 0. The van der Waals surface area contributed by atoms with Crippen molar-refractivity contribution in [2.24, 2.45) is 10.7 Å². The average Bonchev–Trinajstić information content (AvgIpc) is 2.31. The van der Waals surface area contributed by atoms with Crippen molar-refractivity contribution >= 4 is 11.7 Å². The zero-order valence-corrected chi connectivity index (χ0v) is 8.04. The van der Waals surface area contributed by atoms with E-state index in [9.17, 15) is 0 Å². The van der Waals surface area contributed by atoms with Gasteiger partial charge in [0, 0.05) is 24.2 Å². The van der Waals surface area contributed by atoms with Gasteiger partial charge in [0.15, 0.2) is 5.82 Å². The van der Waals surface area contributed by atoms with E-state index in [1.165, 1.54) is 0 Å². The lowest BCUT2D eigenvalue weighted by atomic mass is 10.3. The molecule has 4 heteroatoms. The van der Waals surface area contributed by atoms with Crippen LogP contribution in [0.5, 0.6) is 0 Å². The number of amidine groups is 1. The van der Waals surface area contributed by atoms with Crippen LogP contribution in [0.4, 0.5) is 5.82 Å². The average molecular weight is 198 g/mol. The van der Waals surface area contributed by atoms with Gasteiger partial charge in [-0.2, -0.15) is 0 Å². The lowest BCUT2D eigenvalue weighted by Crippen LogP contribution is -2.12. The highest BCUT2D eigenvalue weighted by molar-refractivity contribution is 5.98. The number of nitrogens with two attached hydrogens (primary N) is 1. The van der Waals surface area contributed by atoms with E-state index in [2.05, 4.69) is 15.0 Å². The Morgan fingerprint density at radius 3 is 2.73 bits per heavy atom. The second-order valence-corrected chi connectivity index (χ2v) is 2.93. The molecule has 0 aliphatic heterocycles. The van der Waals surface area contributed by atoms with Gasteiger partial charge in [-0.25, -0.2) is 9.98 Å². The molecule has 0 bridgehead atoms. The molecule has 4 nitrogen and oxygen atoms in total. The molecule has 0 radical (unpaired) electrons. The summed E-state index contributed by atoms with van der Waals surface area (Å²) in [6.07, 6.45) is 5.04. The molecule has 2 aromatic heterocycles. The number of aliphatic imine (C=N–C) groups is 1. The van der Waals surface area contributed by atoms with Gasteiger partial charge in [0.2, 0.25) is 0 Å². The first kappa shape index (κ1) is 9.33. The van der Waals surface area contributed by atoms with Crippen LogP contribution in [-0.2, 0) is 0 Å². The first-order chi connectivity index (χ1) is 7.36. The van der Waals surface area contributed by atoms with Gasteiger partial charge >= 0.3 is 0 Å². The Morgan fingerprint density at radius 2 is 2.07 bits per heavy atom. The van der Waals surface area contributed by atoms with E-state index in [1.54, 1.807) is 24.7 Å². The molecule has 0 aromatic carbocycles. The zero-order valence-electron chi connectivity index (χ0n) is 8.04. The molecule has 74 valence electrons. The normalized spacial score (nSPS) is 11.3. The summed E-state index contributed by atoms with van der Waals surface area (Å²) in [5.74, 6) is 1.01. The molecule has 2 N–H and O–H groups in total. The molecule has 2 rings (SSSR count). The van der Waals surface area contributed by atoms with E-state index in [-0.39, 0.29) is 0 Å². The molecule has 0 aliphatic rings. The minimum Gasteiger partial charge on any atom is -0.383 e. The van der Waals surface area contributed by atoms with Crippen molar-refractivity contribution in [3.63, 3.8) is 0 Å². The Hall–Kier alpha value is -2.23. The van der Waals surface area contributed by atoms with Crippen LogP contribution < -0.4 is 5.73 Å². The van der Waals surface area contributed by atoms with Crippen molar-refractivity contribution in [1.82, 2.24) is 9.97 Å². The fourth-order valence-corrected chi connectivity index (χ4v) is 1.12. The van der Waals surface area contributed by atoms with E-state index < -0.39 is 0 Å². The molecule has 0 fully saturated rings. The molecule has 2 heterocycles. The van der Waals surface area contributed by atoms with Crippen LogP contribution in [0.15, 0.2) is 53.9 Å². The van der Waals surface area contributed by atoms with E-state index in [4.69, 9.17) is 5.73 Å². The van der Waals surface area contributed by atoms with Gasteiger partial charge in [-0.3, -0.25) is 4.98 Å². The highest BCUT2D eigenvalue weighted by Gasteiger charge is 1.97. The first-order valence-corrected chi connectivity index (χ1v) is 4.52. The number of nitrogens with zero attached hydrogens (tertiary/aromatic N) is 3. The first-order valence-electron chi connectivity index (χ1n) is 4.52. The summed E-state index contributed by atoms with van der Waals surface area (Å²) >= 11 is 0. The fourth-order valence-electron chi connectivity index (χ4n) is 1.12. The summed E-state index contributed by atoms with van der Waals surface area (Å²) in [4.78, 5) is 12.2. The Kier molecular flexibility index (Phi) is 2.69. The van der Waals surface area contributed by atoms with Crippen LogP contribution in [-0.4, -0.2) is 15.8 Å². The smallest absolute Gasteiger partial charge is 0.154 e. The predicted molar refractivity (Wildman–Crippen MR) is 58.9 cm³/mol. The van der Waals surface area contributed by atoms with Crippen LogP contribution in [0.25, 0.3) is 0 Å². The maximum absolute atomic E-state index is 5.80. The molecule has 0 saturated carbocycles. The largest absolute Gasteiger partial charge is 0.383 e. The van der Waals surface area contributed by atoms with Crippen LogP contribution in [0.1, 0.15) is 5.56 Å². The monoisotopic (exact) mass is 198 g/mol. The van der Waals surface area contributed by atoms with Crippen molar-refractivity contribution in [3.05, 3.63) is 54.5 Å². The second kappa shape index (κ2) is 4.32. The molecule has 0 aliphatic carbocycles. The van der Waals surface area contributed by atoms with Gasteiger partial charge in [0.1, 0.15) is 5.84 Å². The Morgan fingerprint density at radius 1 is 1.13 bits per heavy atom. The predicted octanol–water partition coefficient (Wildman–Crippen LogP) is 1.51. The van der Waals surface area contributed by atoms with Crippen LogP contribution in [0.2, 0.25) is 0 Å². The number of hydrogen-bond donors (Lipinski definition) is 1. The Labute approximate surface area is 87.5 Å². The van der Waals surface area contributed by atoms with Crippen molar-refractivity contribution in [3.8, 4) is 0 Å². The minimum atomic E-state index is 0.418. The van der Waals surface area contributed by atoms with Crippen molar-refractivity contribution < 1.29 is 0 Å². The summed E-state index contributed by atoms with van der Waals surface area (Å²) in [6, 6.07) is 9.16. The fraction of sp³-hybridized carbons (Fsp3) is 0. The van der Waals surface area contributed by atoms with Crippen molar-refractivity contribution in [2.75, 3.05) is 0 Å². The van der Waals surface area contributed by atoms with E-state index >= 15 is 0 Å². The van der Waals surface area contributed by atoms with E-state index in [1.807, 2.05) is 24.3 Å². The third kappa shape index (κ3) is 2.37. The molecule has 0 saturated heterocycles. The molecule has 15 heavy (non-hydrogen) atoms. The third-order valence-electron chi connectivity index (χ3n) is 1.84. The van der Waals surface area contributed by atoms with Gasteiger partial charge in [0.05, 0.1) is 0 Å². The quantitative estimate of drug-likeness (QED) is 0.587. The lowest BCUT2D eigenvalue weighted by molar-refractivity contribution is 1.25. The summed E-state index contributed by atoms with van der Waals surface area (Å²) in [5, 5.41) is 0. The van der Waals surface area contributed by atoms with Crippen molar-refractivity contribution in [2.45, 2.75) is 0 Å². The SMILES string of the molecule is NC(=Nc1ccccn1)c1cccnc1. The molecular weight excluding hydrogens is 188 g/mol. The van der Waals surface area contributed by atoms with Gasteiger partial charge in [-0.15, -0.1) is 0 Å². The van der Waals surface area contributed by atoms with Gasteiger partial charge in [-0.1, -0.05) is 6.07 Å². The standard InChI is InChI=1S/C11H10N4/c12-11(9-4-3-6-13-8-9)15-10-5-1-2-7-14-10/h1-8H,(H2,12,14,15). The maximum atomic E-state index is 5.80. The Bertz CT molecular complexity index is 451. The number of pyridine rings is 2. The third-order valence-corrected chi connectivity index (χ3v) is 1.84. The highest BCUT2D eigenvalue weighted by atomic mass is 14.9. The molecule has 0 amide bonds. The highest BCUT2D eigenvalue weighted by Crippen LogP contribution is 2.06. The van der Waals surface area contributed by atoms with Crippen LogP contribution in [0, 0.1) is 0 Å². The van der Waals surface area contributed by atoms with Crippen molar-refractivity contribution in [1.29, 1.82) is 0 Å². The van der Waals surface area contributed by atoms with E-state index in [0.717, 1.165) is 5.56 Å². The summed E-state index contributed by atoms with van der Waals surface area (Å²) in [5.41, 5.74) is 6.59. The van der Waals surface area contributed by atoms with Gasteiger partial charge in [0.25, 0.3) is 0 Å². The summed E-state index contributed by atoms with van der Waals surface area (Å²) < 4.78 is 0. The molecule has 0 atom stereocenters. The van der Waals surface area contributed by atoms with Crippen LogP contribution >= 0.6 is 0 Å². The minimum absolute atomic E-state index is 0.418. The topological polar surface area (TPSA) is 64.2 Å². The molecule has 0 spiro atoms. The lowest BCUT2D eigenvalue weighted by Gasteiger charge is -1.98. The molecular formula is C11H10N4.